The fourth-order valence-corrected chi connectivity index (χ4v) is 4.26. The van der Waals surface area contributed by atoms with E-state index in [1.165, 1.54) is 0 Å². The van der Waals surface area contributed by atoms with E-state index >= 15 is 0 Å². The van der Waals surface area contributed by atoms with Crippen LogP contribution in [0.5, 0.6) is 11.5 Å². The van der Waals surface area contributed by atoms with Crippen molar-refractivity contribution in [1.82, 2.24) is 10.2 Å². The molecule has 1 fully saturated rings. The molecule has 1 heterocycles. The van der Waals surface area contributed by atoms with Crippen LogP contribution >= 0.6 is 0 Å². The van der Waals surface area contributed by atoms with E-state index < -0.39 is 0 Å². The molecule has 0 radical (unpaired) electrons. The van der Waals surface area contributed by atoms with Gasteiger partial charge in [-0.15, -0.1) is 0 Å². The lowest BCUT2D eigenvalue weighted by atomic mass is 10.0. The van der Waals surface area contributed by atoms with Crippen LogP contribution < -0.4 is 14.8 Å². The smallest absolute Gasteiger partial charge is 0.254 e. The largest absolute Gasteiger partial charge is 0.493 e. The molecule has 1 N–H and O–H groups in total. The highest BCUT2D eigenvalue weighted by atomic mass is 16.5. The van der Waals surface area contributed by atoms with Gasteiger partial charge >= 0.3 is 0 Å². The summed E-state index contributed by atoms with van der Waals surface area (Å²) in [5.74, 6) is 1.27. The van der Waals surface area contributed by atoms with Gasteiger partial charge in [0, 0.05) is 24.7 Å². The van der Waals surface area contributed by atoms with Crippen molar-refractivity contribution in [3.63, 3.8) is 0 Å². The highest BCUT2D eigenvalue weighted by Gasteiger charge is 2.25. The molecule has 0 aliphatic carbocycles. The fraction of sp³-hybridized carbons (Fsp3) is 0.308. The van der Waals surface area contributed by atoms with E-state index in [9.17, 15) is 9.59 Å². The first-order valence-corrected chi connectivity index (χ1v) is 10.9. The number of piperidine rings is 1. The van der Waals surface area contributed by atoms with Crippen molar-refractivity contribution in [2.45, 2.75) is 25.3 Å². The first-order valence-electron chi connectivity index (χ1n) is 10.9. The fourth-order valence-electron chi connectivity index (χ4n) is 4.26. The normalized spacial score (nSPS) is 14.2. The molecule has 166 valence electrons. The number of benzene rings is 3. The molecule has 2 amide bonds. The molecule has 1 aliphatic heterocycles. The maximum absolute atomic E-state index is 13.1. The zero-order chi connectivity index (χ0) is 22.5. The Morgan fingerprint density at radius 1 is 0.938 bits per heavy atom. The van der Waals surface area contributed by atoms with E-state index in [4.69, 9.17) is 9.47 Å². The Morgan fingerprint density at radius 3 is 2.41 bits per heavy atom. The second-order valence-corrected chi connectivity index (χ2v) is 8.03. The molecular formula is C26H28N2O4. The predicted octanol–water partition coefficient (Wildman–Crippen LogP) is 3.82. The number of methoxy groups -OCH3 is 2. The van der Waals surface area contributed by atoms with Crippen LogP contribution in [0.3, 0.4) is 0 Å². The average Bonchev–Trinajstić information content (AvgIpc) is 2.83. The third kappa shape index (κ3) is 4.69. The van der Waals surface area contributed by atoms with Gasteiger partial charge in [0.2, 0.25) is 5.91 Å². The second kappa shape index (κ2) is 9.73. The molecule has 0 atom stereocenters. The van der Waals surface area contributed by atoms with Crippen LogP contribution in [-0.4, -0.2) is 50.1 Å². The van der Waals surface area contributed by atoms with Crippen molar-refractivity contribution in [2.75, 3.05) is 27.3 Å². The van der Waals surface area contributed by atoms with E-state index in [0.717, 1.165) is 34.7 Å². The quantitative estimate of drug-likeness (QED) is 0.643. The Balaban J connectivity index is 1.33. The Kier molecular flexibility index (Phi) is 6.59. The Morgan fingerprint density at radius 2 is 1.66 bits per heavy atom. The van der Waals surface area contributed by atoms with Crippen molar-refractivity contribution in [3.05, 3.63) is 71.8 Å². The third-order valence-corrected chi connectivity index (χ3v) is 5.98. The Hall–Kier alpha value is -3.54. The summed E-state index contributed by atoms with van der Waals surface area (Å²) >= 11 is 0. The summed E-state index contributed by atoms with van der Waals surface area (Å²) in [5, 5.41) is 5.16. The Bertz CT molecular complexity index is 1110. The number of rotatable bonds is 6. The van der Waals surface area contributed by atoms with Crippen LogP contribution in [0, 0.1) is 0 Å². The van der Waals surface area contributed by atoms with Gasteiger partial charge in [0.1, 0.15) is 0 Å². The third-order valence-electron chi connectivity index (χ3n) is 5.98. The monoisotopic (exact) mass is 432 g/mol. The van der Waals surface area contributed by atoms with Gasteiger partial charge in [-0.25, -0.2) is 0 Å². The Labute approximate surface area is 188 Å². The van der Waals surface area contributed by atoms with Crippen molar-refractivity contribution in [2.24, 2.45) is 0 Å². The van der Waals surface area contributed by atoms with Crippen LogP contribution in [0.25, 0.3) is 10.8 Å². The number of carbonyl (C=O) groups is 2. The number of nitrogens with zero attached hydrogens (tertiary/aromatic N) is 1. The molecule has 6 nitrogen and oxygen atoms in total. The maximum atomic E-state index is 13.1. The van der Waals surface area contributed by atoms with Crippen LogP contribution in [0.1, 0.15) is 28.8 Å². The van der Waals surface area contributed by atoms with Gasteiger partial charge in [0.05, 0.1) is 20.6 Å². The van der Waals surface area contributed by atoms with Gasteiger partial charge in [-0.05, 0) is 47.4 Å². The molecule has 0 bridgehead atoms. The zero-order valence-corrected chi connectivity index (χ0v) is 18.5. The maximum Gasteiger partial charge on any atom is 0.254 e. The summed E-state index contributed by atoms with van der Waals surface area (Å²) in [6, 6.07) is 19.3. The highest BCUT2D eigenvalue weighted by Crippen LogP contribution is 2.28. The molecule has 4 rings (SSSR count). The minimum atomic E-state index is -0.0314. The van der Waals surface area contributed by atoms with Gasteiger partial charge in [-0.3, -0.25) is 9.59 Å². The minimum Gasteiger partial charge on any atom is -0.493 e. The van der Waals surface area contributed by atoms with E-state index in [-0.39, 0.29) is 24.3 Å². The SMILES string of the molecule is COc1ccc(CC(=O)NC2CCN(C(=O)c3cccc4ccccc34)CC2)cc1OC. The number of fused-ring (bicyclic) bond motifs is 1. The summed E-state index contributed by atoms with van der Waals surface area (Å²) in [4.78, 5) is 27.6. The van der Waals surface area contributed by atoms with Gasteiger partial charge < -0.3 is 19.7 Å². The van der Waals surface area contributed by atoms with Crippen molar-refractivity contribution in [3.8, 4) is 11.5 Å². The van der Waals surface area contributed by atoms with Crippen LogP contribution in [0.15, 0.2) is 60.7 Å². The molecule has 0 aromatic heterocycles. The van der Waals surface area contributed by atoms with E-state index in [1.54, 1.807) is 20.3 Å². The first-order chi connectivity index (χ1) is 15.6. The van der Waals surface area contributed by atoms with Crippen LogP contribution in [-0.2, 0) is 11.2 Å². The van der Waals surface area contributed by atoms with Gasteiger partial charge in [-0.2, -0.15) is 0 Å². The standard InChI is InChI=1S/C26H28N2O4/c1-31-23-11-10-18(16-24(23)32-2)17-25(29)27-20-12-14-28(15-13-20)26(30)22-9-5-7-19-6-3-4-8-21(19)22/h3-11,16,20H,12-15,17H2,1-2H3,(H,27,29). The lowest BCUT2D eigenvalue weighted by molar-refractivity contribution is -0.121. The summed E-state index contributed by atoms with van der Waals surface area (Å²) < 4.78 is 10.6. The number of ether oxygens (including phenoxy) is 2. The lowest BCUT2D eigenvalue weighted by Crippen LogP contribution is -2.46. The topological polar surface area (TPSA) is 67.9 Å². The highest BCUT2D eigenvalue weighted by molar-refractivity contribution is 6.07. The molecule has 3 aromatic rings. The summed E-state index contributed by atoms with van der Waals surface area (Å²) in [7, 11) is 3.16. The number of likely N-dealkylation sites (tertiary alicyclic amines) is 1. The number of carbonyl (C=O) groups excluding carboxylic acids is 2. The molecular weight excluding hydrogens is 404 g/mol. The van der Waals surface area contributed by atoms with Crippen LogP contribution in [0.2, 0.25) is 0 Å². The molecule has 0 unspecified atom stereocenters. The lowest BCUT2D eigenvalue weighted by Gasteiger charge is -2.32. The molecule has 32 heavy (non-hydrogen) atoms. The molecule has 3 aromatic carbocycles. The van der Waals surface area contributed by atoms with E-state index in [2.05, 4.69) is 5.32 Å². The second-order valence-electron chi connectivity index (χ2n) is 8.03. The van der Waals surface area contributed by atoms with E-state index in [1.807, 2.05) is 59.5 Å². The predicted molar refractivity (Wildman–Crippen MR) is 124 cm³/mol. The molecule has 1 aliphatic rings. The summed E-state index contributed by atoms with van der Waals surface area (Å²) in [5.41, 5.74) is 1.60. The molecule has 1 saturated heterocycles. The minimum absolute atomic E-state index is 0.0314. The van der Waals surface area contributed by atoms with Gasteiger partial charge in [0.25, 0.3) is 5.91 Å². The number of nitrogens with one attached hydrogen (secondary N) is 1. The number of amides is 2. The molecule has 0 saturated carbocycles. The van der Waals surface area contributed by atoms with Crippen molar-refractivity contribution >= 4 is 22.6 Å². The summed E-state index contributed by atoms with van der Waals surface area (Å²) in [6.45, 7) is 1.26. The molecule has 0 spiro atoms. The molecule has 6 heteroatoms. The number of hydrogen-bond acceptors (Lipinski definition) is 4. The first kappa shape index (κ1) is 21.7. The van der Waals surface area contributed by atoms with Crippen molar-refractivity contribution < 1.29 is 19.1 Å². The van der Waals surface area contributed by atoms with Crippen molar-refractivity contribution in [1.29, 1.82) is 0 Å². The number of hydrogen-bond donors (Lipinski definition) is 1. The van der Waals surface area contributed by atoms with Crippen LogP contribution in [0.4, 0.5) is 0 Å². The van der Waals surface area contributed by atoms with Gasteiger partial charge in [0.15, 0.2) is 11.5 Å². The zero-order valence-electron chi connectivity index (χ0n) is 18.5. The van der Waals surface area contributed by atoms with E-state index in [0.29, 0.717) is 24.6 Å². The average molecular weight is 433 g/mol. The summed E-state index contributed by atoms with van der Waals surface area (Å²) in [6.07, 6.45) is 1.76. The van der Waals surface area contributed by atoms with Gasteiger partial charge in [-0.1, -0.05) is 42.5 Å².